The van der Waals surface area contributed by atoms with Crippen molar-refractivity contribution in [3.63, 3.8) is 0 Å². The van der Waals surface area contributed by atoms with Gasteiger partial charge in [0.25, 0.3) is 0 Å². The summed E-state index contributed by atoms with van der Waals surface area (Å²) in [5, 5.41) is 0. The van der Waals surface area contributed by atoms with Gasteiger partial charge in [0.05, 0.1) is 0 Å². The van der Waals surface area contributed by atoms with Gasteiger partial charge in [-0.3, -0.25) is 0 Å². The van der Waals surface area contributed by atoms with Crippen molar-refractivity contribution < 1.29 is 0 Å². The van der Waals surface area contributed by atoms with E-state index in [1.54, 1.807) is 81.6 Å². The topological polar surface area (TPSA) is 0 Å². The zero-order valence-electron chi connectivity index (χ0n) is 31.7. The molecule has 0 radical (unpaired) electrons. The molecule has 0 saturated carbocycles. The lowest BCUT2D eigenvalue weighted by Crippen LogP contribution is -2.60. The van der Waals surface area contributed by atoms with Crippen LogP contribution in [0.15, 0.2) is 0 Å². The lowest BCUT2D eigenvalue weighted by Gasteiger charge is -2.48. The van der Waals surface area contributed by atoms with E-state index in [-0.39, 0.29) is 0 Å². The van der Waals surface area contributed by atoms with Crippen LogP contribution in [0.5, 0.6) is 0 Å². The summed E-state index contributed by atoms with van der Waals surface area (Å²) in [6.07, 6.45) is 44.9. The van der Waals surface area contributed by atoms with Crippen LogP contribution in [0.2, 0.25) is 36.8 Å². The lowest BCUT2D eigenvalue weighted by atomic mass is 10.1. The first kappa shape index (κ1) is 43.4. The molecule has 0 unspecified atom stereocenters. The van der Waals surface area contributed by atoms with E-state index in [1.807, 2.05) is 0 Å². The molecule has 43 heavy (non-hydrogen) atoms. The predicted molar refractivity (Wildman–Crippen MR) is 208 cm³/mol. The van der Waals surface area contributed by atoms with Gasteiger partial charge in [0.15, 0.2) is 0 Å². The summed E-state index contributed by atoms with van der Waals surface area (Å²) < 4.78 is 0. The predicted octanol–water partition coefficient (Wildman–Crippen LogP) is 16.4. The average molecular weight is 637 g/mol. The Morgan fingerprint density at radius 3 is 0.651 bits per heavy atom. The number of hydrogen-bond donors (Lipinski definition) is 0. The first-order valence-corrected chi connectivity index (χ1v) is 27.6. The van der Waals surface area contributed by atoms with Crippen molar-refractivity contribution >= 4 is 15.2 Å². The molecule has 0 spiro atoms. The molecule has 0 aromatic heterocycles. The van der Waals surface area contributed by atoms with Crippen molar-refractivity contribution in [2.45, 2.75) is 264 Å². The summed E-state index contributed by atoms with van der Waals surface area (Å²) >= 11 is 0. The smallest absolute Gasteiger partial charge is 0.0476 e. The molecule has 0 atom stereocenters. The SMILES string of the molecule is CCCCCCCC[Si](C)(CCCCCCCC)[Si](CCCCCCCC)(CCCCCCCC)CCCCCCCC. The van der Waals surface area contributed by atoms with Crippen LogP contribution < -0.4 is 0 Å². The summed E-state index contributed by atoms with van der Waals surface area (Å²) in [5.41, 5.74) is 0. The van der Waals surface area contributed by atoms with Crippen molar-refractivity contribution in [3.05, 3.63) is 0 Å². The Morgan fingerprint density at radius 1 is 0.233 bits per heavy atom. The molecule has 0 aliphatic carbocycles. The Labute approximate surface area is 278 Å². The molecule has 0 heterocycles. The molecule has 0 aliphatic heterocycles. The first-order valence-electron chi connectivity index (χ1n) is 21.1. The quantitative estimate of drug-likeness (QED) is 0.0474. The molecule has 0 bridgehead atoms. The highest BCUT2D eigenvalue weighted by Gasteiger charge is 2.48. The number of rotatable bonds is 36. The molecule has 2 heteroatoms. The molecule has 0 rings (SSSR count). The van der Waals surface area contributed by atoms with Crippen LogP contribution in [0.3, 0.4) is 0 Å². The van der Waals surface area contributed by atoms with Crippen LogP contribution in [-0.4, -0.2) is 15.2 Å². The minimum atomic E-state index is -1.27. The van der Waals surface area contributed by atoms with E-state index in [0.29, 0.717) is 0 Å². The van der Waals surface area contributed by atoms with Crippen molar-refractivity contribution in [1.82, 2.24) is 0 Å². The third-order valence-corrected chi connectivity index (χ3v) is 32.3. The van der Waals surface area contributed by atoms with E-state index in [9.17, 15) is 0 Å². The number of unbranched alkanes of at least 4 members (excludes halogenated alkanes) is 25. The zero-order chi connectivity index (χ0) is 31.7. The summed E-state index contributed by atoms with van der Waals surface area (Å²) in [6, 6.07) is 8.62. The summed E-state index contributed by atoms with van der Waals surface area (Å²) in [5.74, 6) is 0. The maximum Gasteiger partial charge on any atom is 0.0476 e. The fraction of sp³-hybridized carbons (Fsp3) is 1.00. The van der Waals surface area contributed by atoms with E-state index in [0.717, 1.165) is 0 Å². The highest BCUT2D eigenvalue weighted by Crippen LogP contribution is 2.43. The second kappa shape index (κ2) is 32.4. The van der Waals surface area contributed by atoms with E-state index < -0.39 is 15.2 Å². The Kier molecular flexibility index (Phi) is 32.7. The van der Waals surface area contributed by atoms with Crippen molar-refractivity contribution in [2.24, 2.45) is 0 Å². The Hall–Kier alpha value is 0.434. The average Bonchev–Trinajstić information content (AvgIpc) is 3.01. The summed E-state index contributed by atoms with van der Waals surface area (Å²) in [4.78, 5) is 0. The summed E-state index contributed by atoms with van der Waals surface area (Å²) in [6.45, 7) is 14.9. The van der Waals surface area contributed by atoms with Crippen molar-refractivity contribution in [2.75, 3.05) is 0 Å². The van der Waals surface area contributed by atoms with Gasteiger partial charge < -0.3 is 0 Å². The zero-order valence-corrected chi connectivity index (χ0v) is 33.7. The van der Waals surface area contributed by atoms with Gasteiger partial charge in [0.2, 0.25) is 0 Å². The van der Waals surface area contributed by atoms with Crippen LogP contribution in [0, 0.1) is 0 Å². The molecule has 0 fully saturated rings. The van der Waals surface area contributed by atoms with Gasteiger partial charge in [0, 0.05) is 15.2 Å². The van der Waals surface area contributed by atoms with Crippen LogP contribution in [0.1, 0.15) is 227 Å². The Bertz CT molecular complexity index is 473. The third kappa shape index (κ3) is 23.4. The molecule has 0 aromatic carbocycles. The second-order valence-electron chi connectivity index (χ2n) is 15.4. The van der Waals surface area contributed by atoms with Crippen molar-refractivity contribution in [3.8, 4) is 0 Å². The maximum atomic E-state index is 3.04. The van der Waals surface area contributed by atoms with Gasteiger partial charge in [-0.25, -0.2) is 0 Å². The minimum Gasteiger partial charge on any atom is -0.0711 e. The van der Waals surface area contributed by atoms with E-state index in [1.165, 1.54) is 141 Å². The van der Waals surface area contributed by atoms with E-state index >= 15 is 0 Å². The van der Waals surface area contributed by atoms with Gasteiger partial charge in [-0.05, 0) is 0 Å². The molecule has 0 amide bonds. The molecule has 0 N–H and O–H groups in total. The Balaban J connectivity index is 5.85. The second-order valence-corrected chi connectivity index (χ2v) is 30.4. The lowest BCUT2D eigenvalue weighted by molar-refractivity contribution is 0.605. The molecule has 0 aromatic rings. The molecule has 0 aliphatic rings. The third-order valence-electron chi connectivity index (χ3n) is 11.5. The van der Waals surface area contributed by atoms with Crippen LogP contribution in [0.4, 0.5) is 0 Å². The largest absolute Gasteiger partial charge is 0.0711 e. The molecular weight excluding hydrogens is 549 g/mol. The van der Waals surface area contributed by atoms with Crippen LogP contribution in [0.25, 0.3) is 0 Å². The maximum absolute atomic E-state index is 3.04. The standard InChI is InChI=1S/C41H88Si2/c1-7-12-17-22-27-32-37-42(6,38-33-28-23-18-13-8-2)43(39-34-29-24-19-14-9-3,40-35-30-25-20-15-10-4)41-36-31-26-21-16-11-5/h7-41H2,1-6H3. The van der Waals surface area contributed by atoms with Crippen LogP contribution >= 0.6 is 0 Å². The van der Waals surface area contributed by atoms with Crippen LogP contribution in [-0.2, 0) is 0 Å². The minimum absolute atomic E-state index is 1.25. The van der Waals surface area contributed by atoms with Gasteiger partial charge in [0.1, 0.15) is 0 Å². The molecule has 0 nitrogen and oxygen atoms in total. The van der Waals surface area contributed by atoms with Gasteiger partial charge in [-0.2, -0.15) is 0 Å². The highest BCUT2D eigenvalue weighted by molar-refractivity contribution is 7.42. The van der Waals surface area contributed by atoms with Gasteiger partial charge in [-0.15, -0.1) is 0 Å². The summed E-state index contributed by atoms with van der Waals surface area (Å²) in [7, 11) is -2.52. The highest BCUT2D eigenvalue weighted by atomic mass is 29.3. The Morgan fingerprint density at radius 2 is 0.419 bits per heavy atom. The first-order chi connectivity index (χ1) is 21.1. The fourth-order valence-corrected chi connectivity index (χ4v) is 28.2. The van der Waals surface area contributed by atoms with E-state index in [4.69, 9.17) is 0 Å². The monoisotopic (exact) mass is 637 g/mol. The number of hydrogen-bond acceptors (Lipinski definition) is 0. The van der Waals surface area contributed by atoms with E-state index in [2.05, 4.69) is 41.2 Å². The van der Waals surface area contributed by atoms with Gasteiger partial charge in [-0.1, -0.05) is 264 Å². The molecule has 0 saturated heterocycles. The normalized spacial score (nSPS) is 12.4. The molecule has 260 valence electrons. The van der Waals surface area contributed by atoms with Gasteiger partial charge >= 0.3 is 0 Å². The molecular formula is C41H88Si2. The van der Waals surface area contributed by atoms with Crippen molar-refractivity contribution in [1.29, 1.82) is 0 Å². The fourth-order valence-electron chi connectivity index (χ4n) is 8.26.